The number of nitrogens with one attached hydrogen (secondary N) is 2. The Labute approximate surface area is 155 Å². The molecule has 0 bridgehead atoms. The molecule has 2 aromatic rings. The minimum absolute atomic E-state index is 0.00505. The van der Waals surface area contributed by atoms with Crippen molar-refractivity contribution in [2.45, 2.75) is 37.8 Å². The van der Waals surface area contributed by atoms with Gasteiger partial charge in [-0.15, -0.1) is 0 Å². The highest BCUT2D eigenvalue weighted by atomic mass is 16.3. The average Bonchev–Trinajstić information content (AvgIpc) is 2.92. The second kappa shape index (κ2) is 6.55. The lowest BCUT2D eigenvalue weighted by molar-refractivity contribution is 0.0880. The Morgan fingerprint density at radius 1 is 1.07 bits per heavy atom. The molecule has 8 heteroatoms. The van der Waals surface area contributed by atoms with E-state index >= 15 is 0 Å². The summed E-state index contributed by atoms with van der Waals surface area (Å²) < 4.78 is 1.25. The van der Waals surface area contributed by atoms with Crippen LogP contribution in [0.3, 0.4) is 0 Å². The molecule has 27 heavy (non-hydrogen) atoms. The van der Waals surface area contributed by atoms with Gasteiger partial charge < -0.3 is 16.2 Å². The summed E-state index contributed by atoms with van der Waals surface area (Å²) in [6.07, 6.45) is 2.83. The van der Waals surface area contributed by atoms with Crippen molar-refractivity contribution >= 4 is 23.3 Å². The fourth-order valence-corrected chi connectivity index (χ4v) is 3.76. The van der Waals surface area contributed by atoms with Gasteiger partial charge in [0.1, 0.15) is 5.82 Å². The number of nitrogens with two attached hydrogens (primary N) is 1. The lowest BCUT2D eigenvalue weighted by Crippen LogP contribution is -2.30. The van der Waals surface area contributed by atoms with E-state index in [1.165, 1.54) is 4.57 Å². The van der Waals surface area contributed by atoms with Crippen LogP contribution in [-0.4, -0.2) is 33.6 Å². The topological polar surface area (TPSA) is 126 Å². The van der Waals surface area contributed by atoms with Crippen LogP contribution >= 0.6 is 0 Å². The zero-order valence-corrected chi connectivity index (χ0v) is 14.6. The van der Waals surface area contributed by atoms with Crippen molar-refractivity contribution < 1.29 is 14.7 Å². The highest BCUT2D eigenvalue weighted by Crippen LogP contribution is 2.29. The van der Waals surface area contributed by atoms with E-state index < -0.39 is 17.4 Å². The van der Waals surface area contributed by atoms with Gasteiger partial charge in [-0.1, -0.05) is 12.1 Å². The summed E-state index contributed by atoms with van der Waals surface area (Å²) in [4.78, 5) is 36.5. The van der Waals surface area contributed by atoms with Crippen molar-refractivity contribution in [3.05, 3.63) is 51.8 Å². The Balaban J connectivity index is 1.77. The monoisotopic (exact) mass is 368 g/mol. The second-order valence-electron chi connectivity index (χ2n) is 6.94. The van der Waals surface area contributed by atoms with Gasteiger partial charge in [0.25, 0.3) is 17.4 Å². The minimum atomic E-state index is -0.613. The summed E-state index contributed by atoms with van der Waals surface area (Å²) in [7, 11) is 0. The van der Waals surface area contributed by atoms with Crippen LogP contribution in [0, 0.1) is 0 Å². The number of hydrogen-bond donors (Lipinski definition) is 4. The zero-order chi connectivity index (χ0) is 19.1. The van der Waals surface area contributed by atoms with Crippen LogP contribution < -0.4 is 21.9 Å². The van der Waals surface area contributed by atoms with Crippen LogP contribution in [0.25, 0.3) is 5.69 Å². The first kappa shape index (κ1) is 17.3. The van der Waals surface area contributed by atoms with Gasteiger partial charge in [-0.25, -0.2) is 0 Å². The van der Waals surface area contributed by atoms with E-state index in [0.29, 0.717) is 11.4 Å². The fourth-order valence-electron chi connectivity index (χ4n) is 3.76. The maximum absolute atomic E-state index is 12.7. The van der Waals surface area contributed by atoms with Crippen LogP contribution in [0.1, 0.15) is 46.4 Å². The third kappa shape index (κ3) is 2.97. The van der Waals surface area contributed by atoms with Gasteiger partial charge in [0.05, 0.1) is 28.6 Å². The molecule has 2 aliphatic rings. The summed E-state index contributed by atoms with van der Waals surface area (Å²) >= 11 is 0. The fraction of sp³-hybridized carbons (Fsp3) is 0.316. The van der Waals surface area contributed by atoms with Gasteiger partial charge in [0.15, 0.2) is 0 Å². The molecular formula is C19H20N4O4. The number of hydrogen-bond acceptors (Lipinski definition) is 6. The first-order valence-electron chi connectivity index (χ1n) is 8.91. The summed E-state index contributed by atoms with van der Waals surface area (Å²) in [6, 6.07) is 8.50. The molecule has 0 atom stereocenters. The Kier molecular flexibility index (Phi) is 4.19. The Morgan fingerprint density at radius 2 is 1.78 bits per heavy atom. The first-order valence-corrected chi connectivity index (χ1v) is 8.91. The van der Waals surface area contributed by atoms with Gasteiger partial charge in [-0.3, -0.25) is 24.3 Å². The summed E-state index contributed by atoms with van der Waals surface area (Å²) in [5, 5.41) is 15.3. The molecule has 1 aliphatic heterocycles. The standard InChI is InChI=1S/C19H20N4O4/c20-17-16-12(18(26)22-19(16)27)9-15(25)23(17)14-4-2-1-3-13(14)21-10-5-7-11(24)8-6-10/h1-4,9-11,21,24H,5-8,20H2,(H,22,26,27). The molecule has 1 aromatic carbocycles. The molecule has 8 nitrogen and oxygen atoms in total. The molecule has 4 rings (SSSR count). The Hall–Kier alpha value is -3.13. The minimum Gasteiger partial charge on any atom is -0.393 e. The molecule has 1 fully saturated rings. The molecule has 1 aromatic heterocycles. The van der Waals surface area contributed by atoms with Crippen LogP contribution in [-0.2, 0) is 0 Å². The quantitative estimate of drug-likeness (QED) is 0.599. The molecule has 2 amide bonds. The maximum Gasteiger partial charge on any atom is 0.262 e. The number of nitrogens with zero attached hydrogens (tertiary/aromatic N) is 1. The molecular weight excluding hydrogens is 348 g/mol. The predicted octanol–water partition coefficient (Wildman–Crippen LogP) is 1.02. The molecule has 0 unspecified atom stereocenters. The molecule has 0 saturated heterocycles. The van der Waals surface area contributed by atoms with E-state index in [-0.39, 0.29) is 29.1 Å². The maximum atomic E-state index is 12.7. The molecule has 1 saturated carbocycles. The smallest absolute Gasteiger partial charge is 0.262 e. The highest BCUT2D eigenvalue weighted by Gasteiger charge is 2.32. The number of aliphatic hydroxyl groups is 1. The van der Waals surface area contributed by atoms with E-state index in [1.807, 2.05) is 12.1 Å². The van der Waals surface area contributed by atoms with Crippen LogP contribution in [0.4, 0.5) is 11.5 Å². The predicted molar refractivity (Wildman–Crippen MR) is 100 cm³/mol. The van der Waals surface area contributed by atoms with Crippen molar-refractivity contribution in [3.8, 4) is 5.69 Å². The second-order valence-corrected chi connectivity index (χ2v) is 6.94. The normalized spacial score (nSPS) is 21.7. The molecule has 1 aliphatic carbocycles. The number of rotatable bonds is 3. The molecule has 140 valence electrons. The number of pyridine rings is 1. The van der Waals surface area contributed by atoms with Gasteiger partial charge in [0.2, 0.25) is 0 Å². The van der Waals surface area contributed by atoms with Crippen molar-refractivity contribution in [1.29, 1.82) is 0 Å². The first-order chi connectivity index (χ1) is 13.0. The Bertz CT molecular complexity index is 990. The van der Waals surface area contributed by atoms with Crippen molar-refractivity contribution in [2.75, 3.05) is 11.1 Å². The van der Waals surface area contributed by atoms with Crippen LogP contribution in [0.15, 0.2) is 35.1 Å². The van der Waals surface area contributed by atoms with Gasteiger partial charge >= 0.3 is 0 Å². The van der Waals surface area contributed by atoms with Crippen LogP contribution in [0.5, 0.6) is 0 Å². The molecule has 2 heterocycles. The van der Waals surface area contributed by atoms with E-state index in [0.717, 1.165) is 31.7 Å². The summed E-state index contributed by atoms with van der Waals surface area (Å²) in [5.41, 5.74) is 6.90. The van der Waals surface area contributed by atoms with E-state index in [1.54, 1.807) is 12.1 Å². The van der Waals surface area contributed by atoms with Gasteiger partial charge in [-0.2, -0.15) is 0 Å². The van der Waals surface area contributed by atoms with Crippen LogP contribution in [0.2, 0.25) is 0 Å². The molecule has 5 N–H and O–H groups in total. The number of imide groups is 1. The number of amides is 2. The number of carbonyl (C=O) groups excluding carboxylic acids is 2. The number of carbonyl (C=O) groups is 2. The number of aromatic nitrogens is 1. The van der Waals surface area contributed by atoms with E-state index in [9.17, 15) is 19.5 Å². The molecule has 0 spiro atoms. The largest absolute Gasteiger partial charge is 0.393 e. The zero-order valence-electron chi connectivity index (χ0n) is 14.6. The average molecular weight is 368 g/mol. The number of para-hydroxylation sites is 2. The SMILES string of the molecule is Nc1c2c(cc(=O)n1-c1ccccc1NC1CCC(O)CC1)C(=O)NC2=O. The van der Waals surface area contributed by atoms with E-state index in [4.69, 9.17) is 5.73 Å². The van der Waals surface area contributed by atoms with Gasteiger partial charge in [0, 0.05) is 12.1 Å². The lowest BCUT2D eigenvalue weighted by atomic mass is 9.93. The van der Waals surface area contributed by atoms with Crippen molar-refractivity contribution in [2.24, 2.45) is 0 Å². The highest BCUT2D eigenvalue weighted by molar-refractivity contribution is 6.23. The number of aliphatic hydroxyl groups excluding tert-OH is 1. The number of anilines is 2. The number of fused-ring (bicyclic) bond motifs is 1. The number of benzene rings is 1. The lowest BCUT2D eigenvalue weighted by Gasteiger charge is -2.28. The molecule has 0 radical (unpaired) electrons. The van der Waals surface area contributed by atoms with E-state index in [2.05, 4.69) is 10.6 Å². The van der Waals surface area contributed by atoms with Crippen molar-refractivity contribution in [1.82, 2.24) is 9.88 Å². The number of nitrogen functional groups attached to an aromatic ring is 1. The summed E-state index contributed by atoms with van der Waals surface area (Å²) in [5.74, 6) is -1.28. The van der Waals surface area contributed by atoms with Gasteiger partial charge in [-0.05, 0) is 37.8 Å². The third-order valence-corrected chi connectivity index (χ3v) is 5.15. The Morgan fingerprint density at radius 3 is 2.52 bits per heavy atom. The van der Waals surface area contributed by atoms with Crippen molar-refractivity contribution in [3.63, 3.8) is 0 Å². The summed E-state index contributed by atoms with van der Waals surface area (Å²) in [6.45, 7) is 0. The third-order valence-electron chi connectivity index (χ3n) is 5.15.